The van der Waals surface area contributed by atoms with Crippen LogP contribution in [0.25, 0.3) is 0 Å². The van der Waals surface area contributed by atoms with Crippen molar-refractivity contribution in [3.05, 3.63) is 35.4 Å². The number of nitriles is 1. The molecular weight excluding hydrogens is 262 g/mol. The van der Waals surface area contributed by atoms with Crippen LogP contribution in [0.2, 0.25) is 0 Å². The summed E-state index contributed by atoms with van der Waals surface area (Å²) >= 11 is 0. The molecule has 1 N–H and O–H groups in total. The number of carbonyl (C=O) groups is 1. The van der Waals surface area contributed by atoms with Crippen molar-refractivity contribution >= 4 is 5.91 Å². The fourth-order valence-corrected chi connectivity index (χ4v) is 2.98. The number of hydrogen-bond donors (Lipinski definition) is 1. The van der Waals surface area contributed by atoms with Gasteiger partial charge in [-0.2, -0.15) is 5.26 Å². The number of rotatable bonds is 3. The van der Waals surface area contributed by atoms with Crippen LogP contribution in [-0.4, -0.2) is 37.0 Å². The van der Waals surface area contributed by atoms with Crippen LogP contribution in [0, 0.1) is 11.3 Å². The standard InChI is InChI=1S/C17H23N3O/c1-20(2)15-8-5-7-14(10-11-15)19-17(21)16-9-4-3-6-13(16)12-18/h3-4,6,9,14-15H,5,7-8,10-11H2,1-2H3,(H,19,21). The van der Waals surface area contributed by atoms with Gasteiger partial charge in [0.05, 0.1) is 17.2 Å². The number of hydrogen-bond acceptors (Lipinski definition) is 3. The van der Waals surface area contributed by atoms with Crippen LogP contribution in [0.5, 0.6) is 0 Å². The van der Waals surface area contributed by atoms with Crippen LogP contribution >= 0.6 is 0 Å². The molecule has 4 nitrogen and oxygen atoms in total. The van der Waals surface area contributed by atoms with Gasteiger partial charge >= 0.3 is 0 Å². The van der Waals surface area contributed by atoms with Crippen molar-refractivity contribution in [1.82, 2.24) is 10.2 Å². The van der Waals surface area contributed by atoms with Crippen molar-refractivity contribution in [1.29, 1.82) is 5.26 Å². The van der Waals surface area contributed by atoms with Gasteiger partial charge in [0.25, 0.3) is 5.91 Å². The lowest BCUT2D eigenvalue weighted by molar-refractivity contribution is 0.0932. The molecule has 1 fully saturated rings. The highest BCUT2D eigenvalue weighted by molar-refractivity contribution is 5.96. The van der Waals surface area contributed by atoms with Crippen molar-refractivity contribution in [2.24, 2.45) is 0 Å². The second-order valence-corrected chi connectivity index (χ2v) is 5.95. The molecule has 0 spiro atoms. The average molecular weight is 285 g/mol. The fourth-order valence-electron chi connectivity index (χ4n) is 2.98. The SMILES string of the molecule is CN(C)C1CCCC(NC(=O)c2ccccc2C#N)CC1. The van der Waals surface area contributed by atoms with E-state index in [1.54, 1.807) is 24.3 Å². The highest BCUT2D eigenvalue weighted by Crippen LogP contribution is 2.21. The third kappa shape index (κ3) is 4.05. The van der Waals surface area contributed by atoms with Crippen LogP contribution < -0.4 is 5.32 Å². The third-order valence-electron chi connectivity index (χ3n) is 4.30. The summed E-state index contributed by atoms with van der Waals surface area (Å²) in [5.41, 5.74) is 0.920. The van der Waals surface area contributed by atoms with E-state index in [1.165, 1.54) is 6.42 Å². The molecule has 0 saturated heterocycles. The zero-order chi connectivity index (χ0) is 15.2. The molecule has 4 heteroatoms. The Morgan fingerprint density at radius 2 is 2.00 bits per heavy atom. The molecule has 0 heterocycles. The van der Waals surface area contributed by atoms with Gasteiger partial charge in [0, 0.05) is 12.1 Å². The van der Waals surface area contributed by atoms with E-state index in [-0.39, 0.29) is 11.9 Å². The van der Waals surface area contributed by atoms with Gasteiger partial charge < -0.3 is 10.2 Å². The second kappa shape index (κ2) is 7.24. The smallest absolute Gasteiger partial charge is 0.252 e. The molecule has 2 rings (SSSR count). The van der Waals surface area contributed by atoms with E-state index in [0.717, 1.165) is 25.7 Å². The molecule has 2 unspecified atom stereocenters. The quantitative estimate of drug-likeness (QED) is 0.868. The number of nitrogens with zero attached hydrogens (tertiary/aromatic N) is 2. The fraction of sp³-hybridized carbons (Fsp3) is 0.529. The van der Waals surface area contributed by atoms with Gasteiger partial charge in [-0.25, -0.2) is 0 Å². The molecule has 0 radical (unpaired) electrons. The summed E-state index contributed by atoms with van der Waals surface area (Å²) in [6.07, 6.45) is 5.45. The summed E-state index contributed by atoms with van der Waals surface area (Å²) < 4.78 is 0. The molecule has 2 atom stereocenters. The summed E-state index contributed by atoms with van der Waals surface area (Å²) in [7, 11) is 4.24. The zero-order valence-electron chi connectivity index (χ0n) is 12.8. The van der Waals surface area contributed by atoms with Crippen molar-refractivity contribution in [2.45, 2.75) is 44.2 Å². The van der Waals surface area contributed by atoms with Crippen molar-refractivity contribution in [2.75, 3.05) is 14.1 Å². The number of nitrogens with one attached hydrogen (secondary N) is 1. The second-order valence-electron chi connectivity index (χ2n) is 5.95. The summed E-state index contributed by atoms with van der Waals surface area (Å²) in [6.45, 7) is 0. The minimum Gasteiger partial charge on any atom is -0.349 e. The van der Waals surface area contributed by atoms with Crippen LogP contribution in [0.1, 0.15) is 48.0 Å². The van der Waals surface area contributed by atoms with E-state index >= 15 is 0 Å². The van der Waals surface area contributed by atoms with Gasteiger partial charge in [-0.15, -0.1) is 0 Å². The molecule has 0 aromatic heterocycles. The molecule has 0 aliphatic heterocycles. The first-order valence-electron chi connectivity index (χ1n) is 7.58. The maximum atomic E-state index is 12.3. The van der Waals surface area contributed by atoms with Gasteiger partial charge in [-0.05, 0) is 58.3 Å². The summed E-state index contributed by atoms with van der Waals surface area (Å²) in [5.74, 6) is -0.125. The minimum atomic E-state index is -0.125. The molecule has 1 saturated carbocycles. The maximum absolute atomic E-state index is 12.3. The number of carbonyl (C=O) groups excluding carboxylic acids is 1. The molecule has 1 aromatic rings. The molecule has 21 heavy (non-hydrogen) atoms. The summed E-state index contributed by atoms with van der Waals surface area (Å²) in [5, 5.41) is 12.2. The largest absolute Gasteiger partial charge is 0.349 e. The molecule has 1 aliphatic rings. The van der Waals surface area contributed by atoms with E-state index in [0.29, 0.717) is 17.2 Å². The Labute approximate surface area is 126 Å². The lowest BCUT2D eigenvalue weighted by Gasteiger charge is -2.22. The first-order valence-corrected chi connectivity index (χ1v) is 7.58. The molecule has 1 amide bonds. The van der Waals surface area contributed by atoms with Gasteiger partial charge in [0.15, 0.2) is 0 Å². The monoisotopic (exact) mass is 285 g/mol. The average Bonchev–Trinajstić information content (AvgIpc) is 2.72. The predicted molar refractivity (Wildman–Crippen MR) is 83.0 cm³/mol. The summed E-state index contributed by atoms with van der Waals surface area (Å²) in [4.78, 5) is 14.6. The van der Waals surface area contributed by atoms with Crippen LogP contribution in [0.4, 0.5) is 0 Å². The van der Waals surface area contributed by atoms with Gasteiger partial charge in [0.1, 0.15) is 0 Å². The Kier molecular flexibility index (Phi) is 5.35. The van der Waals surface area contributed by atoms with Gasteiger partial charge in [-0.3, -0.25) is 4.79 Å². The van der Waals surface area contributed by atoms with E-state index in [1.807, 2.05) is 0 Å². The van der Waals surface area contributed by atoms with E-state index < -0.39 is 0 Å². The first kappa shape index (κ1) is 15.5. The molecular formula is C17H23N3O. The molecule has 112 valence electrons. The Morgan fingerprint density at radius 1 is 1.24 bits per heavy atom. The van der Waals surface area contributed by atoms with Crippen molar-refractivity contribution < 1.29 is 4.79 Å². The minimum absolute atomic E-state index is 0.125. The number of amides is 1. The van der Waals surface area contributed by atoms with E-state index in [2.05, 4.69) is 30.4 Å². The van der Waals surface area contributed by atoms with Gasteiger partial charge in [0.2, 0.25) is 0 Å². The maximum Gasteiger partial charge on any atom is 0.252 e. The van der Waals surface area contributed by atoms with Crippen molar-refractivity contribution in [3.8, 4) is 6.07 Å². The molecule has 1 aromatic carbocycles. The summed E-state index contributed by atoms with van der Waals surface area (Å²) in [6, 6.07) is 9.88. The van der Waals surface area contributed by atoms with E-state index in [9.17, 15) is 4.79 Å². The molecule has 1 aliphatic carbocycles. The Hall–Kier alpha value is -1.86. The lowest BCUT2D eigenvalue weighted by Crippen LogP contribution is -2.35. The highest BCUT2D eigenvalue weighted by Gasteiger charge is 2.22. The zero-order valence-corrected chi connectivity index (χ0v) is 12.8. The van der Waals surface area contributed by atoms with Crippen LogP contribution in [0.3, 0.4) is 0 Å². The third-order valence-corrected chi connectivity index (χ3v) is 4.30. The van der Waals surface area contributed by atoms with Gasteiger partial charge in [-0.1, -0.05) is 12.1 Å². The van der Waals surface area contributed by atoms with Crippen LogP contribution in [-0.2, 0) is 0 Å². The van der Waals surface area contributed by atoms with Crippen LogP contribution in [0.15, 0.2) is 24.3 Å². The number of benzene rings is 1. The Balaban J connectivity index is 1.98. The highest BCUT2D eigenvalue weighted by atomic mass is 16.1. The van der Waals surface area contributed by atoms with Crippen molar-refractivity contribution in [3.63, 3.8) is 0 Å². The Morgan fingerprint density at radius 3 is 2.71 bits per heavy atom. The Bertz CT molecular complexity index is 533. The normalized spacial score (nSPS) is 22.4. The molecule has 0 bridgehead atoms. The topological polar surface area (TPSA) is 56.1 Å². The predicted octanol–water partition coefficient (Wildman–Crippen LogP) is 2.55. The van der Waals surface area contributed by atoms with E-state index in [4.69, 9.17) is 5.26 Å². The first-order chi connectivity index (χ1) is 10.1. The lowest BCUT2D eigenvalue weighted by atomic mass is 10.1.